The Morgan fingerprint density at radius 2 is 1.85 bits per heavy atom. The lowest BCUT2D eigenvalue weighted by atomic mass is 10.1. The van der Waals surface area contributed by atoms with Crippen molar-refractivity contribution < 1.29 is 28.6 Å². The van der Waals surface area contributed by atoms with Gasteiger partial charge in [-0.05, 0) is 48.2 Å². The first kappa shape index (κ1) is 16.4. The topological polar surface area (TPSA) is 84.9 Å². The highest BCUT2D eigenvalue weighted by molar-refractivity contribution is 5.96. The van der Waals surface area contributed by atoms with Crippen LogP contribution in [0.5, 0.6) is 11.5 Å². The fourth-order valence-corrected chi connectivity index (χ4v) is 3.12. The van der Waals surface area contributed by atoms with Crippen molar-refractivity contribution >= 4 is 17.6 Å². The van der Waals surface area contributed by atoms with Gasteiger partial charge in [-0.25, -0.2) is 9.18 Å². The minimum absolute atomic E-state index is 0.0205. The molecule has 1 heterocycles. The van der Waals surface area contributed by atoms with Crippen molar-refractivity contribution in [3.8, 4) is 11.5 Å². The third-order valence-corrected chi connectivity index (χ3v) is 4.60. The Balaban J connectivity index is 1.44. The van der Waals surface area contributed by atoms with Crippen LogP contribution in [0.4, 0.5) is 10.1 Å². The number of nitrogens with one attached hydrogen (secondary N) is 1. The lowest BCUT2D eigenvalue weighted by molar-refractivity contribution is -0.117. The number of ether oxygens (including phenoxy) is 2. The van der Waals surface area contributed by atoms with Crippen molar-refractivity contribution in [2.24, 2.45) is 5.92 Å². The molecule has 26 heavy (non-hydrogen) atoms. The number of carboxylic acids is 1. The molecule has 1 aliphatic carbocycles. The first-order valence-electron chi connectivity index (χ1n) is 8.26. The molecule has 0 saturated heterocycles. The molecule has 4 rings (SSSR count). The number of aromatic carboxylic acids is 1. The maximum atomic E-state index is 14.0. The number of hydrogen-bond acceptors (Lipinski definition) is 4. The molecule has 0 bridgehead atoms. The Morgan fingerprint density at radius 3 is 2.58 bits per heavy atom. The Morgan fingerprint density at radius 1 is 1.08 bits per heavy atom. The predicted molar refractivity (Wildman–Crippen MR) is 90.3 cm³/mol. The first-order chi connectivity index (χ1) is 12.5. The smallest absolute Gasteiger partial charge is 0.335 e. The monoisotopic (exact) mass is 357 g/mol. The Bertz CT molecular complexity index is 897. The lowest BCUT2D eigenvalue weighted by Crippen LogP contribution is -2.16. The van der Waals surface area contributed by atoms with E-state index in [1.165, 1.54) is 12.1 Å². The van der Waals surface area contributed by atoms with E-state index < -0.39 is 11.8 Å². The standard InChI is InChI=1S/C19H16FNO5/c20-14-7-11(19(23)24)1-3-15(14)21-18(22)13-9-12(13)10-2-4-16-17(8-10)26-6-5-25-16/h1-4,7-8,12-13H,5-6,9H2,(H,21,22)(H,23,24). The molecule has 1 saturated carbocycles. The zero-order chi connectivity index (χ0) is 18.3. The number of carbonyl (C=O) groups excluding carboxylic acids is 1. The molecule has 1 amide bonds. The van der Waals surface area contributed by atoms with Gasteiger partial charge < -0.3 is 19.9 Å². The molecule has 0 radical (unpaired) electrons. The third kappa shape index (κ3) is 3.08. The number of rotatable bonds is 4. The fourth-order valence-electron chi connectivity index (χ4n) is 3.12. The van der Waals surface area contributed by atoms with Crippen molar-refractivity contribution in [1.29, 1.82) is 0 Å². The number of benzene rings is 2. The van der Waals surface area contributed by atoms with Crippen LogP contribution >= 0.6 is 0 Å². The van der Waals surface area contributed by atoms with Crippen molar-refractivity contribution in [1.82, 2.24) is 0 Å². The van der Waals surface area contributed by atoms with Crippen LogP contribution in [-0.2, 0) is 4.79 Å². The average Bonchev–Trinajstić information content (AvgIpc) is 3.43. The second-order valence-corrected chi connectivity index (χ2v) is 6.34. The van der Waals surface area contributed by atoms with E-state index in [9.17, 15) is 14.0 Å². The summed E-state index contributed by atoms with van der Waals surface area (Å²) in [6.07, 6.45) is 0.667. The van der Waals surface area contributed by atoms with Crippen molar-refractivity contribution in [2.75, 3.05) is 18.5 Å². The van der Waals surface area contributed by atoms with Crippen LogP contribution in [0.25, 0.3) is 0 Å². The molecule has 2 aromatic carbocycles. The Kier molecular flexibility index (Phi) is 3.99. The van der Waals surface area contributed by atoms with Crippen LogP contribution in [0.2, 0.25) is 0 Å². The van der Waals surface area contributed by atoms with Crippen molar-refractivity contribution in [3.63, 3.8) is 0 Å². The minimum atomic E-state index is -1.22. The van der Waals surface area contributed by atoms with E-state index in [1.807, 2.05) is 18.2 Å². The largest absolute Gasteiger partial charge is 0.486 e. The molecule has 0 spiro atoms. The number of fused-ring (bicyclic) bond motifs is 1. The molecule has 134 valence electrons. The molecule has 2 atom stereocenters. The van der Waals surface area contributed by atoms with E-state index in [1.54, 1.807) is 0 Å². The highest BCUT2D eigenvalue weighted by Gasteiger charge is 2.44. The van der Waals surface area contributed by atoms with Gasteiger partial charge in [0.25, 0.3) is 0 Å². The Labute approximate surface area is 148 Å². The number of amides is 1. The van der Waals surface area contributed by atoms with Gasteiger partial charge in [0.15, 0.2) is 11.5 Å². The summed E-state index contributed by atoms with van der Waals surface area (Å²) in [5, 5.41) is 11.4. The van der Waals surface area contributed by atoms with Gasteiger partial charge in [0.1, 0.15) is 19.0 Å². The van der Waals surface area contributed by atoms with Gasteiger partial charge in [-0.15, -0.1) is 0 Å². The molecule has 0 aromatic heterocycles. The van der Waals surface area contributed by atoms with Gasteiger partial charge in [-0.1, -0.05) is 6.07 Å². The van der Waals surface area contributed by atoms with Gasteiger partial charge in [-0.3, -0.25) is 4.79 Å². The summed E-state index contributed by atoms with van der Waals surface area (Å²) in [5.74, 6) is -1.11. The van der Waals surface area contributed by atoms with E-state index >= 15 is 0 Å². The number of carbonyl (C=O) groups is 2. The summed E-state index contributed by atoms with van der Waals surface area (Å²) in [7, 11) is 0. The summed E-state index contributed by atoms with van der Waals surface area (Å²) in [6, 6.07) is 9.04. The van der Waals surface area contributed by atoms with E-state index in [-0.39, 0.29) is 29.0 Å². The highest BCUT2D eigenvalue weighted by Crippen LogP contribution is 2.49. The number of hydrogen-bond donors (Lipinski definition) is 2. The first-order valence-corrected chi connectivity index (χ1v) is 8.26. The molecular formula is C19H16FNO5. The minimum Gasteiger partial charge on any atom is -0.486 e. The Hall–Kier alpha value is -3.09. The normalized spacial score (nSPS) is 20.3. The average molecular weight is 357 g/mol. The van der Waals surface area contributed by atoms with Crippen LogP contribution in [0, 0.1) is 11.7 Å². The number of halogens is 1. The summed E-state index contributed by atoms with van der Waals surface area (Å²) in [5.41, 5.74) is 0.796. The molecule has 6 nitrogen and oxygen atoms in total. The number of anilines is 1. The second-order valence-electron chi connectivity index (χ2n) is 6.34. The second kappa shape index (κ2) is 6.33. The van der Waals surface area contributed by atoms with Crippen LogP contribution < -0.4 is 14.8 Å². The van der Waals surface area contributed by atoms with E-state index in [4.69, 9.17) is 14.6 Å². The molecule has 2 unspecified atom stereocenters. The maximum absolute atomic E-state index is 14.0. The molecule has 7 heteroatoms. The maximum Gasteiger partial charge on any atom is 0.335 e. The van der Waals surface area contributed by atoms with Crippen LogP contribution in [0.15, 0.2) is 36.4 Å². The van der Waals surface area contributed by atoms with Crippen molar-refractivity contribution in [3.05, 3.63) is 53.3 Å². The summed E-state index contributed by atoms with van der Waals surface area (Å²) in [6.45, 7) is 1.02. The van der Waals surface area contributed by atoms with Crippen LogP contribution in [0.1, 0.15) is 28.3 Å². The lowest BCUT2D eigenvalue weighted by Gasteiger charge is -2.18. The molecule has 1 fully saturated rings. The van der Waals surface area contributed by atoms with Gasteiger partial charge in [0, 0.05) is 5.92 Å². The third-order valence-electron chi connectivity index (χ3n) is 4.60. The molecule has 1 aliphatic heterocycles. The van der Waals surface area contributed by atoms with Gasteiger partial charge in [-0.2, -0.15) is 0 Å². The van der Waals surface area contributed by atoms with E-state index in [0.29, 0.717) is 31.1 Å². The summed E-state index contributed by atoms with van der Waals surface area (Å²) >= 11 is 0. The molecular weight excluding hydrogens is 341 g/mol. The van der Waals surface area contributed by atoms with Gasteiger partial charge in [0.2, 0.25) is 5.91 Å². The summed E-state index contributed by atoms with van der Waals surface area (Å²) in [4.78, 5) is 23.2. The highest BCUT2D eigenvalue weighted by atomic mass is 19.1. The summed E-state index contributed by atoms with van der Waals surface area (Å²) < 4.78 is 25.0. The van der Waals surface area contributed by atoms with Crippen molar-refractivity contribution in [2.45, 2.75) is 12.3 Å². The molecule has 2 aliphatic rings. The zero-order valence-corrected chi connectivity index (χ0v) is 13.7. The molecule has 2 aromatic rings. The fraction of sp³-hybridized carbons (Fsp3) is 0.263. The quantitative estimate of drug-likeness (QED) is 0.879. The number of carboxylic acid groups (broad SMARTS) is 1. The van der Waals surface area contributed by atoms with Crippen LogP contribution in [-0.4, -0.2) is 30.2 Å². The van der Waals surface area contributed by atoms with Crippen LogP contribution in [0.3, 0.4) is 0 Å². The van der Waals surface area contributed by atoms with Gasteiger partial charge >= 0.3 is 5.97 Å². The van der Waals surface area contributed by atoms with E-state index in [2.05, 4.69) is 5.32 Å². The predicted octanol–water partition coefficient (Wildman–Crippen LogP) is 3.04. The zero-order valence-electron chi connectivity index (χ0n) is 13.7. The molecule has 2 N–H and O–H groups in total. The van der Waals surface area contributed by atoms with Gasteiger partial charge in [0.05, 0.1) is 11.3 Å². The van der Waals surface area contributed by atoms with E-state index in [0.717, 1.165) is 11.6 Å². The SMILES string of the molecule is O=C(O)c1ccc(NC(=O)C2CC2c2ccc3c(c2)OCCO3)c(F)c1.